The minimum atomic E-state index is -1.10. The zero-order valence-corrected chi connectivity index (χ0v) is 11.9. The van der Waals surface area contributed by atoms with Crippen LogP contribution in [0.25, 0.3) is 0 Å². The van der Waals surface area contributed by atoms with Crippen LogP contribution < -0.4 is 5.32 Å². The van der Waals surface area contributed by atoms with Gasteiger partial charge in [-0.15, -0.1) is 0 Å². The molecule has 5 nitrogen and oxygen atoms in total. The van der Waals surface area contributed by atoms with Crippen LogP contribution in [0.15, 0.2) is 47.1 Å². The number of amides is 1. The van der Waals surface area contributed by atoms with E-state index in [4.69, 9.17) is 5.11 Å². The van der Waals surface area contributed by atoms with Gasteiger partial charge >= 0.3 is 5.97 Å². The van der Waals surface area contributed by atoms with Crippen molar-refractivity contribution in [2.45, 2.75) is 6.42 Å². The lowest BCUT2D eigenvalue weighted by molar-refractivity contribution is -0.115. The fraction of sp³-hybridized carbons (Fsp3) is 0.0714. The smallest absolute Gasteiger partial charge is 0.337 e. The first-order valence-corrected chi connectivity index (χ1v) is 6.58. The Kier molecular flexibility index (Phi) is 4.47. The molecule has 102 valence electrons. The van der Waals surface area contributed by atoms with E-state index >= 15 is 0 Å². The minimum absolute atomic E-state index is 0.0359. The minimum Gasteiger partial charge on any atom is -0.478 e. The number of benzene rings is 1. The Morgan fingerprint density at radius 3 is 2.70 bits per heavy atom. The Labute approximate surface area is 123 Å². The zero-order valence-electron chi connectivity index (χ0n) is 10.3. The number of rotatable bonds is 4. The first-order chi connectivity index (χ1) is 9.56. The van der Waals surface area contributed by atoms with Crippen LogP contribution in [0.1, 0.15) is 16.1 Å². The molecule has 1 amide bonds. The molecule has 0 aliphatic carbocycles. The fourth-order valence-corrected chi connectivity index (χ4v) is 2.03. The van der Waals surface area contributed by atoms with Crippen molar-refractivity contribution >= 4 is 33.5 Å². The van der Waals surface area contributed by atoms with Crippen LogP contribution in [0.3, 0.4) is 0 Å². The standard InChI is InChI=1S/C14H11BrN2O3/c15-9-4-5-12(11(7-9)14(19)20)17-13(18)8-10-3-1-2-6-16-10/h1-7H,8H2,(H,17,18)(H,19,20). The largest absolute Gasteiger partial charge is 0.478 e. The highest BCUT2D eigenvalue weighted by atomic mass is 79.9. The second-order valence-electron chi connectivity index (χ2n) is 4.04. The number of aromatic carboxylic acids is 1. The number of pyridine rings is 1. The molecule has 6 heteroatoms. The first-order valence-electron chi connectivity index (χ1n) is 5.79. The van der Waals surface area contributed by atoms with E-state index in [9.17, 15) is 9.59 Å². The predicted molar refractivity (Wildman–Crippen MR) is 77.7 cm³/mol. The average Bonchev–Trinajstić information content (AvgIpc) is 2.41. The number of halogens is 1. The molecule has 0 saturated heterocycles. The number of nitrogens with one attached hydrogen (secondary N) is 1. The second-order valence-corrected chi connectivity index (χ2v) is 4.96. The molecule has 2 N–H and O–H groups in total. The van der Waals surface area contributed by atoms with Gasteiger partial charge in [0.15, 0.2) is 0 Å². The maximum Gasteiger partial charge on any atom is 0.337 e. The summed E-state index contributed by atoms with van der Waals surface area (Å²) < 4.78 is 0.637. The van der Waals surface area contributed by atoms with Crippen molar-refractivity contribution in [1.29, 1.82) is 0 Å². The number of nitrogens with zero attached hydrogens (tertiary/aromatic N) is 1. The van der Waals surface area contributed by atoms with E-state index in [0.717, 1.165) is 0 Å². The third kappa shape index (κ3) is 3.64. The molecule has 0 aliphatic heterocycles. The Balaban J connectivity index is 2.14. The maximum absolute atomic E-state index is 11.9. The zero-order chi connectivity index (χ0) is 14.5. The quantitative estimate of drug-likeness (QED) is 0.900. The van der Waals surface area contributed by atoms with Crippen LogP contribution in [-0.4, -0.2) is 22.0 Å². The highest BCUT2D eigenvalue weighted by Gasteiger charge is 2.13. The maximum atomic E-state index is 11.9. The summed E-state index contributed by atoms with van der Waals surface area (Å²) in [5.41, 5.74) is 0.925. The Bertz CT molecular complexity index is 644. The van der Waals surface area contributed by atoms with Gasteiger partial charge in [-0.05, 0) is 30.3 Å². The van der Waals surface area contributed by atoms with Gasteiger partial charge in [0.25, 0.3) is 0 Å². The Hall–Kier alpha value is -2.21. The van der Waals surface area contributed by atoms with Crippen molar-refractivity contribution in [2.75, 3.05) is 5.32 Å². The average molecular weight is 335 g/mol. The number of carbonyl (C=O) groups excluding carboxylic acids is 1. The molecule has 0 aliphatic rings. The van der Waals surface area contributed by atoms with Crippen molar-refractivity contribution in [1.82, 2.24) is 4.98 Å². The molecule has 20 heavy (non-hydrogen) atoms. The van der Waals surface area contributed by atoms with Gasteiger partial charge in [0.05, 0.1) is 17.7 Å². The monoisotopic (exact) mass is 334 g/mol. The summed E-state index contributed by atoms with van der Waals surface area (Å²) in [6.07, 6.45) is 1.70. The highest BCUT2D eigenvalue weighted by molar-refractivity contribution is 9.10. The number of carbonyl (C=O) groups is 2. The lowest BCUT2D eigenvalue weighted by atomic mass is 10.1. The van der Waals surface area contributed by atoms with Crippen molar-refractivity contribution in [3.63, 3.8) is 0 Å². The summed E-state index contributed by atoms with van der Waals surface area (Å²) in [6.45, 7) is 0. The van der Waals surface area contributed by atoms with Crippen LogP contribution in [-0.2, 0) is 11.2 Å². The van der Waals surface area contributed by atoms with Crippen LogP contribution in [0, 0.1) is 0 Å². The molecule has 0 radical (unpaired) electrons. The van der Waals surface area contributed by atoms with Gasteiger partial charge in [0.2, 0.25) is 5.91 Å². The summed E-state index contributed by atoms with van der Waals surface area (Å²) in [5, 5.41) is 11.7. The van der Waals surface area contributed by atoms with Crippen LogP contribution in [0.4, 0.5) is 5.69 Å². The van der Waals surface area contributed by atoms with Crippen LogP contribution in [0.5, 0.6) is 0 Å². The van der Waals surface area contributed by atoms with Gasteiger partial charge in [0.1, 0.15) is 0 Å². The van der Waals surface area contributed by atoms with E-state index in [1.807, 2.05) is 0 Å². The number of carboxylic acids is 1. The number of hydrogen-bond acceptors (Lipinski definition) is 3. The summed E-state index contributed by atoms with van der Waals surface area (Å²) in [4.78, 5) is 27.1. The molecule has 0 unspecified atom stereocenters. The first kappa shape index (κ1) is 14.2. The predicted octanol–water partition coefficient (Wildman–Crippen LogP) is 2.72. The molecule has 0 spiro atoms. The summed E-state index contributed by atoms with van der Waals surface area (Å²) in [7, 11) is 0. The van der Waals surface area contributed by atoms with Gasteiger partial charge in [-0.25, -0.2) is 4.79 Å². The number of carboxylic acid groups (broad SMARTS) is 1. The number of aromatic nitrogens is 1. The molecule has 0 fully saturated rings. The normalized spacial score (nSPS) is 10.1. The van der Waals surface area contributed by atoms with Crippen molar-refractivity contribution in [2.24, 2.45) is 0 Å². The molecule has 2 aromatic rings. The molecule has 0 atom stereocenters. The fourth-order valence-electron chi connectivity index (χ4n) is 1.66. The van der Waals surface area contributed by atoms with Crippen molar-refractivity contribution < 1.29 is 14.7 Å². The van der Waals surface area contributed by atoms with Crippen molar-refractivity contribution in [3.8, 4) is 0 Å². The summed E-state index contributed by atoms with van der Waals surface area (Å²) in [6, 6.07) is 9.95. The molecule has 1 heterocycles. The Morgan fingerprint density at radius 1 is 1.25 bits per heavy atom. The summed E-state index contributed by atoms with van der Waals surface area (Å²) >= 11 is 3.20. The molecule has 0 bridgehead atoms. The Morgan fingerprint density at radius 2 is 2.05 bits per heavy atom. The van der Waals surface area contributed by atoms with E-state index in [1.54, 1.807) is 36.5 Å². The molecule has 0 saturated carbocycles. The van der Waals surface area contributed by atoms with Crippen LogP contribution >= 0.6 is 15.9 Å². The van der Waals surface area contributed by atoms with Gasteiger partial charge in [-0.2, -0.15) is 0 Å². The van der Waals surface area contributed by atoms with E-state index < -0.39 is 5.97 Å². The summed E-state index contributed by atoms with van der Waals surface area (Å²) in [5.74, 6) is -1.41. The van der Waals surface area contributed by atoms with E-state index in [2.05, 4.69) is 26.2 Å². The van der Waals surface area contributed by atoms with E-state index in [0.29, 0.717) is 10.2 Å². The number of anilines is 1. The van der Waals surface area contributed by atoms with Gasteiger partial charge < -0.3 is 10.4 Å². The lowest BCUT2D eigenvalue weighted by Gasteiger charge is -2.08. The molecule has 1 aromatic carbocycles. The molecular weight excluding hydrogens is 324 g/mol. The topological polar surface area (TPSA) is 79.3 Å². The lowest BCUT2D eigenvalue weighted by Crippen LogP contribution is -2.17. The van der Waals surface area contributed by atoms with Crippen molar-refractivity contribution in [3.05, 3.63) is 58.3 Å². The molecule has 2 rings (SSSR count). The second kappa shape index (κ2) is 6.29. The van der Waals surface area contributed by atoms with Gasteiger partial charge in [-0.3, -0.25) is 9.78 Å². The number of hydrogen-bond donors (Lipinski definition) is 2. The van der Waals surface area contributed by atoms with E-state index in [1.165, 1.54) is 6.07 Å². The SMILES string of the molecule is O=C(Cc1ccccn1)Nc1ccc(Br)cc1C(=O)O. The molecule has 1 aromatic heterocycles. The molecular formula is C14H11BrN2O3. The third-order valence-electron chi connectivity index (χ3n) is 2.55. The van der Waals surface area contributed by atoms with E-state index in [-0.39, 0.29) is 23.6 Å². The van der Waals surface area contributed by atoms with Gasteiger partial charge in [0, 0.05) is 16.4 Å². The van der Waals surface area contributed by atoms with Crippen LogP contribution in [0.2, 0.25) is 0 Å². The van der Waals surface area contributed by atoms with Gasteiger partial charge in [-0.1, -0.05) is 22.0 Å². The highest BCUT2D eigenvalue weighted by Crippen LogP contribution is 2.21. The third-order valence-corrected chi connectivity index (χ3v) is 3.05.